The molecular weight excluding hydrogens is 416 g/mol. The second kappa shape index (κ2) is 12.0. The van der Waals surface area contributed by atoms with Gasteiger partial charge >= 0.3 is 6.09 Å². The van der Waals surface area contributed by atoms with Gasteiger partial charge in [-0.15, -0.1) is 0 Å². The van der Waals surface area contributed by atoms with E-state index in [1.807, 2.05) is 42.5 Å². The van der Waals surface area contributed by atoms with E-state index in [9.17, 15) is 13.8 Å². The highest BCUT2D eigenvalue weighted by molar-refractivity contribution is 7.85. The molecule has 1 aliphatic heterocycles. The molecule has 1 aliphatic rings. The highest BCUT2D eigenvalue weighted by Gasteiger charge is 2.24. The predicted octanol–water partition coefficient (Wildman–Crippen LogP) is 3.76. The number of nitrogens with one attached hydrogen (secondary N) is 1. The van der Waals surface area contributed by atoms with Crippen molar-refractivity contribution in [2.24, 2.45) is 4.99 Å². The molecule has 164 valence electrons. The number of unbranched alkanes of at least 4 members (excludes halogenated alkanes) is 3. The second-order valence-corrected chi connectivity index (χ2v) is 8.50. The standard InChI is InChI=1S/C23H26N2O5S/c26-17-24-12-5-1-2-6-13-25-23(27)30-15-14-29-20-9-7-11-22-19(20)16-18-8-3-4-10-21(18)31(22)28/h3-4,7-11H,1-2,5-6,12-16H2,(H,25,27). The monoisotopic (exact) mass is 442 g/mol. The summed E-state index contributed by atoms with van der Waals surface area (Å²) < 4.78 is 23.8. The number of nitrogens with zero attached hydrogens (tertiary/aromatic N) is 1. The molecule has 0 aliphatic carbocycles. The molecule has 1 amide bonds. The van der Waals surface area contributed by atoms with Gasteiger partial charge in [0, 0.05) is 23.4 Å². The van der Waals surface area contributed by atoms with Gasteiger partial charge in [-0.2, -0.15) is 0 Å². The summed E-state index contributed by atoms with van der Waals surface area (Å²) in [6.45, 7) is 1.38. The molecule has 1 heterocycles. The first kappa shape index (κ1) is 22.7. The Bertz CT molecular complexity index is 972. The Balaban J connectivity index is 1.37. The lowest BCUT2D eigenvalue weighted by molar-refractivity contribution is 0.124. The Labute approximate surface area is 184 Å². The van der Waals surface area contributed by atoms with Crippen LogP contribution in [0.1, 0.15) is 36.8 Å². The third-order valence-corrected chi connectivity index (χ3v) is 6.51. The number of aliphatic imine (C=N–C) groups is 1. The molecule has 0 bridgehead atoms. The fraction of sp³-hybridized carbons (Fsp3) is 0.391. The van der Waals surface area contributed by atoms with Crippen molar-refractivity contribution in [2.45, 2.75) is 41.9 Å². The van der Waals surface area contributed by atoms with E-state index in [1.54, 1.807) is 0 Å². The number of hydrogen-bond donors (Lipinski definition) is 1. The molecule has 3 rings (SSSR count). The highest BCUT2D eigenvalue weighted by Crippen LogP contribution is 2.36. The Morgan fingerprint density at radius 1 is 1.03 bits per heavy atom. The first-order chi connectivity index (χ1) is 15.2. The van der Waals surface area contributed by atoms with E-state index >= 15 is 0 Å². The topological polar surface area (TPSA) is 94.1 Å². The van der Waals surface area contributed by atoms with E-state index < -0.39 is 16.9 Å². The lowest BCUT2D eigenvalue weighted by Crippen LogP contribution is -2.27. The number of fused-ring (bicyclic) bond motifs is 2. The molecule has 2 aromatic carbocycles. The van der Waals surface area contributed by atoms with Crippen molar-refractivity contribution in [1.82, 2.24) is 5.32 Å². The van der Waals surface area contributed by atoms with Gasteiger partial charge in [0.05, 0.1) is 22.2 Å². The molecule has 0 saturated carbocycles. The minimum Gasteiger partial charge on any atom is -0.490 e. The molecule has 8 heteroatoms. The van der Waals surface area contributed by atoms with Crippen molar-refractivity contribution < 1.29 is 23.3 Å². The summed E-state index contributed by atoms with van der Waals surface area (Å²) in [6, 6.07) is 13.3. The second-order valence-electron chi connectivity index (χ2n) is 7.08. The number of carbonyl (C=O) groups is 1. The van der Waals surface area contributed by atoms with Crippen LogP contribution in [0.15, 0.2) is 57.2 Å². The SMILES string of the molecule is O=C=NCCCCCCNC(=O)OCCOc1cccc2c1Cc1ccccc1S2=O. The molecule has 0 saturated heterocycles. The van der Waals surface area contributed by atoms with Crippen LogP contribution in [-0.2, 0) is 26.8 Å². The van der Waals surface area contributed by atoms with Crippen molar-refractivity contribution in [2.75, 3.05) is 26.3 Å². The first-order valence-electron chi connectivity index (χ1n) is 10.4. The zero-order chi connectivity index (χ0) is 21.9. The van der Waals surface area contributed by atoms with Crippen molar-refractivity contribution in [3.05, 3.63) is 53.6 Å². The van der Waals surface area contributed by atoms with Crippen molar-refractivity contribution in [1.29, 1.82) is 0 Å². The van der Waals surface area contributed by atoms with Crippen molar-refractivity contribution >= 4 is 23.0 Å². The van der Waals surface area contributed by atoms with E-state index in [4.69, 9.17) is 9.47 Å². The molecular formula is C23H26N2O5S. The van der Waals surface area contributed by atoms with Crippen LogP contribution in [-0.4, -0.2) is 42.7 Å². The van der Waals surface area contributed by atoms with E-state index in [2.05, 4.69) is 10.3 Å². The maximum absolute atomic E-state index is 12.9. The molecule has 0 aromatic heterocycles. The van der Waals surface area contributed by atoms with Crippen molar-refractivity contribution in [3.63, 3.8) is 0 Å². The number of carbonyl (C=O) groups excluding carboxylic acids is 2. The Hall–Kier alpha value is -2.96. The third-order valence-electron chi connectivity index (χ3n) is 4.93. The molecule has 1 unspecified atom stereocenters. The summed E-state index contributed by atoms with van der Waals surface area (Å²) in [5, 5.41) is 2.71. The van der Waals surface area contributed by atoms with Crippen LogP contribution < -0.4 is 10.1 Å². The van der Waals surface area contributed by atoms with E-state index in [-0.39, 0.29) is 13.2 Å². The van der Waals surface area contributed by atoms with Gasteiger partial charge in [-0.1, -0.05) is 37.1 Å². The number of alkyl carbamates (subject to hydrolysis) is 1. The molecule has 7 nitrogen and oxygen atoms in total. The summed E-state index contributed by atoms with van der Waals surface area (Å²) in [6.07, 6.45) is 5.29. The number of rotatable bonds is 11. The Morgan fingerprint density at radius 3 is 2.71 bits per heavy atom. The van der Waals surface area contributed by atoms with Crippen molar-refractivity contribution in [3.8, 4) is 5.75 Å². The number of amides is 1. The summed E-state index contributed by atoms with van der Waals surface area (Å²) in [5.41, 5.74) is 1.96. The molecule has 0 fully saturated rings. The summed E-state index contributed by atoms with van der Waals surface area (Å²) in [4.78, 5) is 26.8. The normalized spacial score (nSPS) is 14.0. The Kier molecular flexibility index (Phi) is 8.82. The lowest BCUT2D eigenvalue weighted by atomic mass is 10.0. The van der Waals surface area contributed by atoms with Gasteiger partial charge in [0.15, 0.2) is 0 Å². The average molecular weight is 443 g/mol. The van der Waals surface area contributed by atoms with Crippen LogP contribution in [0.5, 0.6) is 5.75 Å². The van der Waals surface area contributed by atoms with Gasteiger partial charge in [-0.05, 0) is 36.6 Å². The molecule has 0 radical (unpaired) electrons. The molecule has 2 aromatic rings. The number of isocyanates is 1. The smallest absolute Gasteiger partial charge is 0.407 e. The van der Waals surface area contributed by atoms with Crippen LogP contribution in [0.3, 0.4) is 0 Å². The maximum Gasteiger partial charge on any atom is 0.407 e. The minimum atomic E-state index is -1.22. The largest absolute Gasteiger partial charge is 0.490 e. The number of ether oxygens (including phenoxy) is 2. The zero-order valence-electron chi connectivity index (χ0n) is 17.3. The van der Waals surface area contributed by atoms with Crippen LogP contribution in [0, 0.1) is 0 Å². The third kappa shape index (κ3) is 6.51. The quantitative estimate of drug-likeness (QED) is 0.277. The fourth-order valence-corrected chi connectivity index (χ4v) is 4.83. The molecule has 31 heavy (non-hydrogen) atoms. The van der Waals surface area contributed by atoms with Gasteiger partial charge in [0.25, 0.3) is 0 Å². The van der Waals surface area contributed by atoms with Gasteiger partial charge < -0.3 is 14.8 Å². The number of benzene rings is 2. The van der Waals surface area contributed by atoms with Crippen LogP contribution in [0.2, 0.25) is 0 Å². The van der Waals surface area contributed by atoms with E-state index in [0.717, 1.165) is 46.6 Å². The highest BCUT2D eigenvalue weighted by atomic mass is 32.2. The summed E-state index contributed by atoms with van der Waals surface area (Å²) >= 11 is 0. The lowest BCUT2D eigenvalue weighted by Gasteiger charge is -2.21. The predicted molar refractivity (Wildman–Crippen MR) is 117 cm³/mol. The van der Waals surface area contributed by atoms with Gasteiger partial charge in [-0.3, -0.25) is 0 Å². The first-order valence-corrected chi connectivity index (χ1v) is 11.5. The zero-order valence-corrected chi connectivity index (χ0v) is 18.1. The maximum atomic E-state index is 12.9. The van der Waals surface area contributed by atoms with Gasteiger partial charge in [0.2, 0.25) is 6.08 Å². The minimum absolute atomic E-state index is 0.124. The molecule has 1 atom stereocenters. The number of hydrogen-bond acceptors (Lipinski definition) is 6. The fourth-order valence-electron chi connectivity index (χ4n) is 3.41. The average Bonchev–Trinajstić information content (AvgIpc) is 2.79. The summed E-state index contributed by atoms with van der Waals surface area (Å²) in [7, 11) is -1.22. The van der Waals surface area contributed by atoms with Gasteiger partial charge in [-0.25, -0.2) is 18.8 Å². The summed E-state index contributed by atoms with van der Waals surface area (Å²) in [5.74, 6) is 0.670. The molecule has 1 N–H and O–H groups in total. The van der Waals surface area contributed by atoms with Crippen LogP contribution in [0.4, 0.5) is 4.79 Å². The van der Waals surface area contributed by atoms with Crippen LogP contribution in [0.25, 0.3) is 0 Å². The van der Waals surface area contributed by atoms with E-state index in [0.29, 0.717) is 25.3 Å². The van der Waals surface area contributed by atoms with Crippen LogP contribution >= 0.6 is 0 Å². The van der Waals surface area contributed by atoms with E-state index in [1.165, 1.54) is 6.08 Å². The van der Waals surface area contributed by atoms with Gasteiger partial charge in [0.1, 0.15) is 19.0 Å². The Morgan fingerprint density at radius 2 is 1.84 bits per heavy atom. The molecule has 0 spiro atoms.